The van der Waals surface area contributed by atoms with Crippen LogP contribution in [0.1, 0.15) is 19.4 Å². The van der Waals surface area contributed by atoms with Crippen molar-refractivity contribution in [1.82, 2.24) is 5.32 Å². The van der Waals surface area contributed by atoms with E-state index in [1.54, 1.807) is 50.2 Å². The van der Waals surface area contributed by atoms with Crippen LogP contribution in [0.3, 0.4) is 0 Å². The summed E-state index contributed by atoms with van der Waals surface area (Å²) in [5.74, 6) is -1.57. The van der Waals surface area contributed by atoms with Crippen LogP contribution in [0.4, 0.5) is 11.4 Å². The number of anilines is 2. The number of carbonyl (C=O) groups excluding carboxylic acids is 1. The Kier molecular flexibility index (Phi) is 7.03. The first kappa shape index (κ1) is 21.4. The van der Waals surface area contributed by atoms with Crippen LogP contribution in [0.25, 0.3) is 0 Å². The molecule has 3 N–H and O–H groups in total. The van der Waals surface area contributed by atoms with Crippen LogP contribution in [0.5, 0.6) is 0 Å². The monoisotopic (exact) mass is 426 g/mol. The molecule has 0 spiro atoms. The molecular formula is C19H20Cl2N2O3S. The zero-order chi connectivity index (χ0) is 20.2. The van der Waals surface area contributed by atoms with Gasteiger partial charge in [0.2, 0.25) is 5.91 Å². The number of para-hydroxylation sites is 2. The Balaban J connectivity index is 2.21. The van der Waals surface area contributed by atoms with Gasteiger partial charge in [0.25, 0.3) is 0 Å². The first-order chi connectivity index (χ1) is 12.6. The average molecular weight is 427 g/mol. The zero-order valence-corrected chi connectivity index (χ0v) is 17.2. The van der Waals surface area contributed by atoms with E-state index in [0.29, 0.717) is 27.0 Å². The predicted octanol–water partition coefficient (Wildman–Crippen LogP) is 4.56. The first-order valence-electron chi connectivity index (χ1n) is 8.13. The molecule has 0 aromatic heterocycles. The number of hydrogen-bond acceptors (Lipinski definition) is 4. The van der Waals surface area contributed by atoms with Crippen molar-refractivity contribution in [2.45, 2.75) is 31.1 Å². The molecule has 0 aliphatic heterocycles. The number of thiol groups is 1. The highest BCUT2D eigenvalue weighted by Crippen LogP contribution is 2.33. The zero-order valence-electron chi connectivity index (χ0n) is 14.8. The number of carboxylic acids is 1. The van der Waals surface area contributed by atoms with E-state index in [1.807, 2.05) is 6.07 Å². The van der Waals surface area contributed by atoms with E-state index in [-0.39, 0.29) is 6.42 Å². The van der Waals surface area contributed by atoms with Crippen LogP contribution in [-0.4, -0.2) is 27.8 Å². The Morgan fingerprint density at radius 2 is 1.70 bits per heavy atom. The lowest BCUT2D eigenvalue weighted by Crippen LogP contribution is -2.51. The SMILES string of the molecule is CC(C)(S)[C@H](NC(=O)Cc1ccccc1Nc1c(Cl)cccc1Cl)C(=O)O. The van der Waals surface area contributed by atoms with Crippen LogP contribution in [0, 0.1) is 0 Å². The molecule has 2 rings (SSSR count). The maximum atomic E-state index is 12.4. The average Bonchev–Trinajstić information content (AvgIpc) is 2.56. The van der Waals surface area contributed by atoms with E-state index in [0.717, 1.165) is 0 Å². The van der Waals surface area contributed by atoms with Gasteiger partial charge in [-0.15, -0.1) is 0 Å². The second-order valence-electron chi connectivity index (χ2n) is 6.55. The van der Waals surface area contributed by atoms with E-state index in [1.165, 1.54) is 0 Å². The van der Waals surface area contributed by atoms with Gasteiger partial charge >= 0.3 is 5.97 Å². The fraction of sp³-hybridized carbons (Fsp3) is 0.263. The van der Waals surface area contributed by atoms with Crippen LogP contribution in [0.15, 0.2) is 42.5 Å². The van der Waals surface area contributed by atoms with Crippen molar-refractivity contribution in [3.8, 4) is 0 Å². The summed E-state index contributed by atoms with van der Waals surface area (Å²) in [5.41, 5.74) is 1.86. The minimum absolute atomic E-state index is 0.0150. The molecule has 2 aromatic rings. The lowest BCUT2D eigenvalue weighted by Gasteiger charge is -2.27. The molecule has 144 valence electrons. The Morgan fingerprint density at radius 3 is 2.26 bits per heavy atom. The third-order valence-electron chi connectivity index (χ3n) is 3.85. The maximum Gasteiger partial charge on any atom is 0.327 e. The van der Waals surface area contributed by atoms with Crippen LogP contribution in [-0.2, 0) is 16.0 Å². The topological polar surface area (TPSA) is 78.4 Å². The molecule has 0 saturated carbocycles. The minimum atomic E-state index is -1.14. The Labute approximate surface area is 173 Å². The summed E-state index contributed by atoms with van der Waals surface area (Å²) >= 11 is 16.6. The summed E-state index contributed by atoms with van der Waals surface area (Å²) in [5, 5.41) is 15.9. The molecule has 0 unspecified atom stereocenters. The number of carboxylic acid groups (broad SMARTS) is 1. The second-order valence-corrected chi connectivity index (χ2v) is 8.52. The molecule has 0 aliphatic rings. The van der Waals surface area contributed by atoms with Crippen molar-refractivity contribution in [3.05, 3.63) is 58.1 Å². The molecule has 1 amide bonds. The van der Waals surface area contributed by atoms with Crippen molar-refractivity contribution in [2.75, 3.05) is 5.32 Å². The van der Waals surface area contributed by atoms with E-state index in [2.05, 4.69) is 23.3 Å². The maximum absolute atomic E-state index is 12.4. The molecule has 0 heterocycles. The molecule has 8 heteroatoms. The summed E-state index contributed by atoms with van der Waals surface area (Å²) in [6.07, 6.45) is -0.0150. The van der Waals surface area contributed by atoms with E-state index >= 15 is 0 Å². The van der Waals surface area contributed by atoms with Gasteiger partial charge in [-0.3, -0.25) is 4.79 Å². The Hall–Kier alpha value is -1.89. The van der Waals surface area contributed by atoms with Crippen molar-refractivity contribution < 1.29 is 14.7 Å². The number of halogens is 2. The predicted molar refractivity (Wildman–Crippen MR) is 113 cm³/mol. The van der Waals surface area contributed by atoms with Gasteiger partial charge < -0.3 is 15.7 Å². The summed E-state index contributed by atoms with van der Waals surface area (Å²) in [4.78, 5) is 23.8. The van der Waals surface area contributed by atoms with Gasteiger partial charge in [-0.05, 0) is 37.6 Å². The molecule has 0 saturated heterocycles. The third kappa shape index (κ3) is 5.79. The lowest BCUT2D eigenvalue weighted by molar-refractivity contribution is -0.142. The van der Waals surface area contributed by atoms with Crippen LogP contribution >= 0.6 is 35.8 Å². The number of benzene rings is 2. The van der Waals surface area contributed by atoms with Crippen molar-refractivity contribution >= 4 is 59.1 Å². The van der Waals surface area contributed by atoms with Gasteiger partial charge in [-0.25, -0.2) is 4.79 Å². The van der Waals surface area contributed by atoms with Gasteiger partial charge in [0.05, 0.1) is 22.2 Å². The molecule has 0 aliphatic carbocycles. The van der Waals surface area contributed by atoms with E-state index in [9.17, 15) is 14.7 Å². The van der Waals surface area contributed by atoms with Crippen molar-refractivity contribution in [1.29, 1.82) is 0 Å². The molecule has 1 atom stereocenters. The third-order valence-corrected chi connectivity index (χ3v) is 4.74. The Bertz CT molecular complexity index is 833. The summed E-state index contributed by atoms with van der Waals surface area (Å²) in [6.45, 7) is 3.26. The quantitative estimate of drug-likeness (QED) is 0.489. The highest BCUT2D eigenvalue weighted by molar-refractivity contribution is 7.81. The lowest BCUT2D eigenvalue weighted by atomic mass is 10.0. The molecular weight excluding hydrogens is 407 g/mol. The van der Waals surface area contributed by atoms with E-state index in [4.69, 9.17) is 23.2 Å². The summed E-state index contributed by atoms with van der Waals surface area (Å²) in [7, 11) is 0. The largest absolute Gasteiger partial charge is 0.480 e. The Morgan fingerprint density at radius 1 is 1.11 bits per heavy atom. The first-order valence-corrected chi connectivity index (χ1v) is 9.33. The summed E-state index contributed by atoms with van der Waals surface area (Å²) in [6, 6.07) is 11.2. The van der Waals surface area contributed by atoms with Crippen molar-refractivity contribution in [2.24, 2.45) is 0 Å². The van der Waals surface area contributed by atoms with Crippen LogP contribution < -0.4 is 10.6 Å². The van der Waals surface area contributed by atoms with Gasteiger partial charge in [0.1, 0.15) is 6.04 Å². The van der Waals surface area contributed by atoms with Gasteiger partial charge in [-0.1, -0.05) is 47.5 Å². The molecule has 0 radical (unpaired) electrons. The molecule has 0 fully saturated rings. The minimum Gasteiger partial charge on any atom is -0.480 e. The summed E-state index contributed by atoms with van der Waals surface area (Å²) < 4.78 is -0.912. The molecule has 5 nitrogen and oxygen atoms in total. The normalized spacial score (nSPS) is 12.3. The van der Waals surface area contributed by atoms with Gasteiger partial charge in [0, 0.05) is 10.4 Å². The number of carbonyl (C=O) groups is 2. The number of aliphatic carboxylic acids is 1. The highest BCUT2D eigenvalue weighted by Gasteiger charge is 2.33. The molecule has 2 aromatic carbocycles. The fourth-order valence-corrected chi connectivity index (χ4v) is 3.14. The fourth-order valence-electron chi connectivity index (χ4n) is 2.47. The smallest absolute Gasteiger partial charge is 0.327 e. The number of nitrogens with one attached hydrogen (secondary N) is 2. The second kappa shape index (κ2) is 8.87. The van der Waals surface area contributed by atoms with Gasteiger partial charge in [0.15, 0.2) is 0 Å². The highest BCUT2D eigenvalue weighted by atomic mass is 35.5. The van der Waals surface area contributed by atoms with Gasteiger partial charge in [-0.2, -0.15) is 12.6 Å². The number of amides is 1. The molecule has 0 bridgehead atoms. The van der Waals surface area contributed by atoms with Crippen molar-refractivity contribution in [3.63, 3.8) is 0 Å². The standard InChI is InChI=1S/C19H20Cl2N2O3S/c1-19(2,27)17(18(25)26)23-15(24)10-11-6-3-4-9-14(11)22-16-12(20)7-5-8-13(16)21/h3-9,17,22,27H,10H2,1-2H3,(H,23,24)(H,25,26)/t17-/m1/s1. The van der Waals surface area contributed by atoms with Crippen LogP contribution in [0.2, 0.25) is 10.0 Å². The number of rotatable bonds is 7. The molecule has 27 heavy (non-hydrogen) atoms. The van der Waals surface area contributed by atoms with E-state index < -0.39 is 22.7 Å². The number of hydrogen-bond donors (Lipinski definition) is 4.